The molecule has 0 spiro atoms. The number of hydrogen-bond donors (Lipinski definition) is 0. The van der Waals surface area contributed by atoms with Crippen LogP contribution in [-0.4, -0.2) is 9.13 Å². The van der Waals surface area contributed by atoms with E-state index in [1.165, 1.54) is 138 Å². The lowest BCUT2D eigenvalue weighted by Gasteiger charge is -2.36. The maximum Gasteiger partial charge on any atom is 0.0719 e. The topological polar surface area (TPSA) is 9.86 Å². The average Bonchev–Trinajstić information content (AvgIpc) is 4.25. The number of para-hydroxylation sites is 4. The molecule has 378 valence electrons. The highest BCUT2D eigenvalue weighted by atomic mass is 15.0. The predicted octanol–water partition coefficient (Wildman–Crippen LogP) is 20.6. The Bertz CT molecular complexity index is 4860. The summed E-state index contributed by atoms with van der Waals surface area (Å²) in [7, 11) is 0. The van der Waals surface area contributed by atoms with Gasteiger partial charge in [-0.25, -0.2) is 0 Å². The van der Waals surface area contributed by atoms with Crippen molar-refractivity contribution in [3.63, 3.8) is 0 Å². The molecule has 0 saturated heterocycles. The van der Waals surface area contributed by atoms with Crippen molar-refractivity contribution in [2.45, 2.75) is 5.41 Å². The molecule has 2 heterocycles. The van der Waals surface area contributed by atoms with Gasteiger partial charge >= 0.3 is 0 Å². The van der Waals surface area contributed by atoms with E-state index in [4.69, 9.17) is 0 Å². The van der Waals surface area contributed by atoms with Crippen molar-refractivity contribution in [1.29, 1.82) is 0 Å². The SMILES string of the molecule is c1ccc(-c2ccccc2C2(c3cccc(-c4ccc(-c5ccc(-c6ccccc6-n6c7ccccc7c7cc(-c8ccc9c(c8)c8ccccc8n9-c8ccccc8)ccc76)cc5)cc4)c3)c3ccccc3-c3ccccc32)cc1. The summed E-state index contributed by atoms with van der Waals surface area (Å²) in [6.45, 7) is 0. The van der Waals surface area contributed by atoms with Crippen LogP contribution in [0.1, 0.15) is 22.3 Å². The third-order valence-corrected chi connectivity index (χ3v) is 17.2. The summed E-state index contributed by atoms with van der Waals surface area (Å²) < 4.78 is 4.83. The van der Waals surface area contributed by atoms with Gasteiger partial charge in [-0.2, -0.15) is 0 Å². The second kappa shape index (κ2) is 18.8. The van der Waals surface area contributed by atoms with Crippen LogP contribution in [0.4, 0.5) is 0 Å². The number of rotatable bonds is 9. The molecule has 2 nitrogen and oxygen atoms in total. The van der Waals surface area contributed by atoms with Gasteiger partial charge in [-0.1, -0.05) is 255 Å². The normalized spacial score (nSPS) is 12.5. The van der Waals surface area contributed by atoms with E-state index in [0.29, 0.717) is 0 Å². The molecule has 0 radical (unpaired) electrons. The zero-order valence-electron chi connectivity index (χ0n) is 44.4. The van der Waals surface area contributed by atoms with Gasteiger partial charge in [-0.3, -0.25) is 0 Å². The fourth-order valence-electron chi connectivity index (χ4n) is 13.6. The molecule has 16 rings (SSSR count). The molecule has 81 heavy (non-hydrogen) atoms. The lowest BCUT2D eigenvalue weighted by Crippen LogP contribution is -2.29. The Balaban J connectivity index is 0.733. The molecule has 15 aromatic rings. The highest BCUT2D eigenvalue weighted by molar-refractivity contribution is 6.13. The van der Waals surface area contributed by atoms with Crippen molar-refractivity contribution in [2.75, 3.05) is 0 Å². The van der Waals surface area contributed by atoms with Gasteiger partial charge in [0.05, 0.1) is 33.2 Å². The molecule has 1 aliphatic rings. The van der Waals surface area contributed by atoms with Crippen LogP contribution >= 0.6 is 0 Å². The Hall–Kier alpha value is -10.5. The molecule has 0 bridgehead atoms. The van der Waals surface area contributed by atoms with Gasteiger partial charge in [0, 0.05) is 32.8 Å². The molecule has 13 aromatic carbocycles. The first-order valence-electron chi connectivity index (χ1n) is 28.1. The van der Waals surface area contributed by atoms with Crippen molar-refractivity contribution < 1.29 is 0 Å². The maximum absolute atomic E-state index is 2.45. The zero-order valence-corrected chi connectivity index (χ0v) is 44.4. The van der Waals surface area contributed by atoms with Gasteiger partial charge < -0.3 is 9.13 Å². The summed E-state index contributed by atoms with van der Waals surface area (Å²) in [6, 6.07) is 117. The molecule has 0 aliphatic heterocycles. The first kappa shape index (κ1) is 46.5. The monoisotopic (exact) mass is 1030 g/mol. The van der Waals surface area contributed by atoms with Crippen LogP contribution in [0, 0.1) is 0 Å². The smallest absolute Gasteiger partial charge is 0.0719 e. The van der Waals surface area contributed by atoms with Crippen molar-refractivity contribution in [3.05, 3.63) is 338 Å². The van der Waals surface area contributed by atoms with Gasteiger partial charge in [0.15, 0.2) is 0 Å². The van der Waals surface area contributed by atoms with Crippen LogP contribution in [0.25, 0.3) is 122 Å². The lowest BCUT2D eigenvalue weighted by molar-refractivity contribution is 0.771. The molecule has 2 aromatic heterocycles. The Morgan fingerprint density at radius 1 is 0.210 bits per heavy atom. The Morgan fingerprint density at radius 2 is 0.593 bits per heavy atom. The molecule has 0 amide bonds. The van der Waals surface area contributed by atoms with E-state index in [1.807, 2.05) is 0 Å². The summed E-state index contributed by atoms with van der Waals surface area (Å²) in [5.74, 6) is 0. The molecule has 0 unspecified atom stereocenters. The number of nitrogens with zero attached hydrogens (tertiary/aromatic N) is 2. The third kappa shape index (κ3) is 7.34. The first-order chi connectivity index (χ1) is 40.2. The van der Waals surface area contributed by atoms with E-state index in [1.54, 1.807) is 0 Å². The fourth-order valence-corrected chi connectivity index (χ4v) is 13.6. The van der Waals surface area contributed by atoms with E-state index in [9.17, 15) is 0 Å². The maximum atomic E-state index is 2.45. The molecule has 0 saturated carbocycles. The van der Waals surface area contributed by atoms with Crippen molar-refractivity contribution in [2.24, 2.45) is 0 Å². The summed E-state index contributed by atoms with van der Waals surface area (Å²) in [5.41, 5.74) is 26.3. The van der Waals surface area contributed by atoms with Crippen LogP contribution < -0.4 is 0 Å². The summed E-state index contributed by atoms with van der Waals surface area (Å²) in [4.78, 5) is 0. The molecule has 0 fully saturated rings. The summed E-state index contributed by atoms with van der Waals surface area (Å²) in [5, 5.41) is 4.97. The van der Waals surface area contributed by atoms with Crippen LogP contribution in [0.5, 0.6) is 0 Å². The van der Waals surface area contributed by atoms with Crippen molar-refractivity contribution in [1.82, 2.24) is 9.13 Å². The Morgan fingerprint density at radius 3 is 1.20 bits per heavy atom. The molecular formula is C79H52N2. The van der Waals surface area contributed by atoms with Crippen LogP contribution in [-0.2, 0) is 5.41 Å². The molecule has 0 N–H and O–H groups in total. The van der Waals surface area contributed by atoms with Gasteiger partial charge in [0.25, 0.3) is 0 Å². The minimum absolute atomic E-state index is 0.537. The zero-order chi connectivity index (χ0) is 53.4. The van der Waals surface area contributed by atoms with E-state index in [2.05, 4.69) is 325 Å². The first-order valence-corrected chi connectivity index (χ1v) is 28.1. The molecule has 1 aliphatic carbocycles. The van der Waals surface area contributed by atoms with Crippen molar-refractivity contribution in [3.8, 4) is 78.1 Å². The van der Waals surface area contributed by atoms with Gasteiger partial charge in [0.2, 0.25) is 0 Å². The summed E-state index contributed by atoms with van der Waals surface area (Å²) in [6.07, 6.45) is 0. The van der Waals surface area contributed by atoms with E-state index >= 15 is 0 Å². The second-order valence-electron chi connectivity index (χ2n) is 21.5. The van der Waals surface area contributed by atoms with Crippen LogP contribution in [0.2, 0.25) is 0 Å². The predicted molar refractivity (Wildman–Crippen MR) is 340 cm³/mol. The Kier molecular flexibility index (Phi) is 10.8. The molecule has 2 heteroatoms. The number of benzene rings is 13. The van der Waals surface area contributed by atoms with Gasteiger partial charge in [0.1, 0.15) is 0 Å². The lowest BCUT2D eigenvalue weighted by atomic mass is 9.65. The quantitative estimate of drug-likeness (QED) is 0.136. The average molecular weight is 1030 g/mol. The fraction of sp³-hybridized carbons (Fsp3) is 0.0127. The number of aromatic nitrogens is 2. The van der Waals surface area contributed by atoms with Crippen LogP contribution in [0.15, 0.2) is 315 Å². The van der Waals surface area contributed by atoms with E-state index in [0.717, 1.165) is 5.69 Å². The number of fused-ring (bicyclic) bond motifs is 9. The van der Waals surface area contributed by atoms with E-state index in [-0.39, 0.29) is 0 Å². The Labute approximate surface area is 471 Å². The standard InChI is InChI=1S/C79H52N2/c1-3-20-56(21-4-1)63-26-7-13-32-71(63)79(72-33-14-8-28-65(72)66-29-9-15-34-73(66)79)61-23-19-22-58(50-61)55-40-38-53(39-41-55)54-42-44-57(45-43-54)64-27-10-16-35-74(64)81-76-37-18-12-31-68(76)70-52-60(47-49-78(70)81)59-46-48-77-69(51-59)67-30-11-17-36-75(67)80(77)62-24-5-2-6-25-62/h1-52H. The highest BCUT2D eigenvalue weighted by Crippen LogP contribution is 2.58. The second-order valence-corrected chi connectivity index (χ2v) is 21.5. The molecular weight excluding hydrogens is 977 g/mol. The largest absolute Gasteiger partial charge is 0.309 e. The van der Waals surface area contributed by atoms with E-state index < -0.39 is 5.41 Å². The molecule has 0 atom stereocenters. The minimum Gasteiger partial charge on any atom is -0.309 e. The summed E-state index contributed by atoms with van der Waals surface area (Å²) >= 11 is 0. The van der Waals surface area contributed by atoms with Gasteiger partial charge in [-0.05, 0) is 144 Å². The third-order valence-electron chi connectivity index (χ3n) is 17.2. The van der Waals surface area contributed by atoms with Gasteiger partial charge in [-0.15, -0.1) is 0 Å². The number of hydrogen-bond acceptors (Lipinski definition) is 0. The van der Waals surface area contributed by atoms with Crippen molar-refractivity contribution >= 4 is 43.6 Å². The highest BCUT2D eigenvalue weighted by Gasteiger charge is 2.47. The minimum atomic E-state index is -0.537. The van der Waals surface area contributed by atoms with Crippen LogP contribution in [0.3, 0.4) is 0 Å².